The van der Waals surface area contributed by atoms with Crippen molar-refractivity contribution in [1.29, 1.82) is 0 Å². The predicted molar refractivity (Wildman–Crippen MR) is 67.4 cm³/mol. The molecule has 0 radical (unpaired) electrons. The van der Waals surface area contributed by atoms with Gasteiger partial charge in [0.2, 0.25) is 0 Å². The number of pyridine rings is 1. The third kappa shape index (κ3) is 1.76. The van der Waals surface area contributed by atoms with E-state index >= 15 is 0 Å². The largest absolute Gasteiger partial charge is 0.351 e. The Bertz CT molecular complexity index is 533. The first-order valence-corrected chi connectivity index (χ1v) is 6.03. The number of nitrogens with zero attached hydrogens (tertiary/aromatic N) is 4. The molecule has 1 aliphatic rings. The van der Waals surface area contributed by atoms with Gasteiger partial charge in [0.05, 0.1) is 0 Å². The van der Waals surface area contributed by atoms with Crippen LogP contribution in [0, 0.1) is 6.92 Å². The lowest BCUT2D eigenvalue weighted by Gasteiger charge is -2.35. The van der Waals surface area contributed by atoms with Crippen LogP contribution in [0.25, 0.3) is 5.65 Å². The number of rotatable bonds is 1. The van der Waals surface area contributed by atoms with Crippen molar-refractivity contribution in [3.8, 4) is 0 Å². The minimum atomic E-state index is 0.484. The van der Waals surface area contributed by atoms with Crippen LogP contribution in [0.5, 0.6) is 0 Å². The third-order valence-electron chi connectivity index (χ3n) is 3.30. The molecule has 2 aromatic rings. The van der Waals surface area contributed by atoms with Gasteiger partial charge in [0.15, 0.2) is 5.65 Å². The number of piperazine rings is 1. The molecule has 90 valence electrons. The fourth-order valence-electron chi connectivity index (χ4n) is 2.42. The van der Waals surface area contributed by atoms with E-state index in [2.05, 4.69) is 46.3 Å². The molecule has 17 heavy (non-hydrogen) atoms. The van der Waals surface area contributed by atoms with Gasteiger partial charge in [-0.15, -0.1) is 0 Å². The molecule has 1 unspecified atom stereocenters. The van der Waals surface area contributed by atoms with Crippen molar-refractivity contribution in [1.82, 2.24) is 19.9 Å². The van der Waals surface area contributed by atoms with Crippen LogP contribution in [0.15, 0.2) is 18.5 Å². The molecule has 3 heterocycles. The zero-order valence-corrected chi connectivity index (χ0v) is 10.2. The summed E-state index contributed by atoms with van der Waals surface area (Å²) in [5, 5.41) is 7.72. The molecule has 0 spiro atoms. The zero-order valence-electron chi connectivity index (χ0n) is 10.2. The first-order chi connectivity index (χ1) is 8.25. The highest BCUT2D eigenvalue weighted by Crippen LogP contribution is 2.20. The maximum atomic E-state index is 4.31. The third-order valence-corrected chi connectivity index (χ3v) is 3.30. The van der Waals surface area contributed by atoms with Crippen molar-refractivity contribution < 1.29 is 0 Å². The van der Waals surface area contributed by atoms with Crippen LogP contribution in [-0.4, -0.2) is 40.3 Å². The van der Waals surface area contributed by atoms with Gasteiger partial charge in [-0.2, -0.15) is 9.61 Å². The Labute approximate surface area is 100 Å². The van der Waals surface area contributed by atoms with Gasteiger partial charge in [-0.25, -0.2) is 4.98 Å². The second kappa shape index (κ2) is 4.00. The molecule has 5 heteroatoms. The van der Waals surface area contributed by atoms with E-state index in [0.717, 1.165) is 31.1 Å². The van der Waals surface area contributed by atoms with Gasteiger partial charge in [-0.1, -0.05) is 0 Å². The average molecular weight is 231 g/mol. The molecule has 0 amide bonds. The number of hydrogen-bond acceptors (Lipinski definition) is 4. The van der Waals surface area contributed by atoms with E-state index in [1.807, 2.05) is 4.52 Å². The van der Waals surface area contributed by atoms with Gasteiger partial charge in [0, 0.05) is 25.7 Å². The normalized spacial score (nSPS) is 21.1. The highest BCUT2D eigenvalue weighted by Gasteiger charge is 2.21. The van der Waals surface area contributed by atoms with Crippen LogP contribution < -0.4 is 10.2 Å². The highest BCUT2D eigenvalue weighted by molar-refractivity contribution is 5.53. The Hall–Kier alpha value is -1.62. The number of anilines is 1. The van der Waals surface area contributed by atoms with E-state index in [0.29, 0.717) is 6.04 Å². The van der Waals surface area contributed by atoms with Crippen LogP contribution in [0.4, 0.5) is 5.82 Å². The Morgan fingerprint density at radius 2 is 2.29 bits per heavy atom. The van der Waals surface area contributed by atoms with Crippen molar-refractivity contribution >= 4 is 11.5 Å². The minimum absolute atomic E-state index is 0.484. The van der Waals surface area contributed by atoms with Crippen LogP contribution in [0.3, 0.4) is 0 Å². The molecule has 1 fully saturated rings. The molecule has 1 atom stereocenters. The quantitative estimate of drug-likeness (QED) is 0.790. The molecule has 0 bridgehead atoms. The Morgan fingerprint density at radius 1 is 1.41 bits per heavy atom. The van der Waals surface area contributed by atoms with Crippen LogP contribution >= 0.6 is 0 Å². The molecule has 1 aliphatic heterocycles. The molecule has 0 aliphatic carbocycles. The van der Waals surface area contributed by atoms with Gasteiger partial charge in [-0.3, -0.25) is 0 Å². The Balaban J connectivity index is 2.11. The smallest absolute Gasteiger partial charge is 0.157 e. The number of aryl methyl sites for hydroxylation is 1. The summed E-state index contributed by atoms with van der Waals surface area (Å²) in [6, 6.07) is 4.73. The molecule has 1 N–H and O–H groups in total. The summed E-state index contributed by atoms with van der Waals surface area (Å²) in [5.74, 6) is 1.14. The van der Waals surface area contributed by atoms with E-state index in [4.69, 9.17) is 0 Å². The summed E-state index contributed by atoms with van der Waals surface area (Å²) in [6.07, 6.45) is 1.62. The molecule has 2 aromatic heterocycles. The first-order valence-electron chi connectivity index (χ1n) is 6.03. The van der Waals surface area contributed by atoms with E-state index in [9.17, 15) is 0 Å². The summed E-state index contributed by atoms with van der Waals surface area (Å²) >= 11 is 0. The highest BCUT2D eigenvalue weighted by atomic mass is 15.4. The summed E-state index contributed by atoms with van der Waals surface area (Å²) in [5.41, 5.74) is 2.15. The fraction of sp³-hybridized carbons (Fsp3) is 0.500. The van der Waals surface area contributed by atoms with E-state index in [1.165, 1.54) is 5.56 Å². The van der Waals surface area contributed by atoms with Crippen molar-refractivity contribution in [3.05, 3.63) is 24.0 Å². The van der Waals surface area contributed by atoms with E-state index in [-0.39, 0.29) is 0 Å². The number of fused-ring (bicyclic) bond motifs is 1. The number of hydrogen-bond donors (Lipinski definition) is 1. The molecule has 5 nitrogen and oxygen atoms in total. The van der Waals surface area contributed by atoms with Gasteiger partial charge in [0.25, 0.3) is 0 Å². The molecule has 0 saturated carbocycles. The molecule has 1 saturated heterocycles. The summed E-state index contributed by atoms with van der Waals surface area (Å²) in [4.78, 5) is 6.66. The van der Waals surface area contributed by atoms with Gasteiger partial charge < -0.3 is 10.2 Å². The van der Waals surface area contributed by atoms with Crippen molar-refractivity contribution in [2.45, 2.75) is 19.9 Å². The maximum Gasteiger partial charge on any atom is 0.157 e. The zero-order chi connectivity index (χ0) is 11.8. The monoisotopic (exact) mass is 231 g/mol. The number of nitrogens with one attached hydrogen (secondary N) is 1. The lowest BCUT2D eigenvalue weighted by atomic mass is 10.2. The van der Waals surface area contributed by atoms with E-state index in [1.54, 1.807) is 6.33 Å². The summed E-state index contributed by atoms with van der Waals surface area (Å²) in [7, 11) is 0. The Kier molecular flexibility index (Phi) is 2.48. The molecule has 3 rings (SSSR count). The second-order valence-electron chi connectivity index (χ2n) is 4.67. The SMILES string of the molecule is Cc1cc(N2CCNCC2C)n2ncnc2c1. The van der Waals surface area contributed by atoms with Gasteiger partial charge >= 0.3 is 0 Å². The minimum Gasteiger partial charge on any atom is -0.351 e. The second-order valence-corrected chi connectivity index (χ2v) is 4.67. The van der Waals surface area contributed by atoms with E-state index < -0.39 is 0 Å². The van der Waals surface area contributed by atoms with Crippen molar-refractivity contribution in [3.63, 3.8) is 0 Å². The van der Waals surface area contributed by atoms with Crippen molar-refractivity contribution in [2.75, 3.05) is 24.5 Å². The lowest BCUT2D eigenvalue weighted by molar-refractivity contribution is 0.494. The standard InChI is InChI=1S/C12H17N5/c1-9-5-11-14-8-15-17(11)12(6-9)16-4-3-13-7-10(16)2/h5-6,8,10,13H,3-4,7H2,1-2H3. The summed E-state index contributed by atoms with van der Waals surface area (Å²) < 4.78 is 1.93. The van der Waals surface area contributed by atoms with Crippen LogP contribution in [-0.2, 0) is 0 Å². The Morgan fingerprint density at radius 3 is 3.12 bits per heavy atom. The maximum absolute atomic E-state index is 4.31. The average Bonchev–Trinajstić information content (AvgIpc) is 2.76. The number of aromatic nitrogens is 3. The van der Waals surface area contributed by atoms with Crippen molar-refractivity contribution in [2.24, 2.45) is 0 Å². The molecular formula is C12H17N5. The van der Waals surface area contributed by atoms with Gasteiger partial charge in [0.1, 0.15) is 12.1 Å². The van der Waals surface area contributed by atoms with Gasteiger partial charge in [-0.05, 0) is 31.5 Å². The molecular weight excluding hydrogens is 214 g/mol. The van der Waals surface area contributed by atoms with Crippen LogP contribution in [0.2, 0.25) is 0 Å². The van der Waals surface area contributed by atoms with Crippen LogP contribution in [0.1, 0.15) is 12.5 Å². The summed E-state index contributed by atoms with van der Waals surface area (Å²) in [6.45, 7) is 7.39. The fourth-order valence-corrected chi connectivity index (χ4v) is 2.42. The first kappa shape index (κ1) is 10.5. The molecule has 0 aromatic carbocycles. The lowest BCUT2D eigenvalue weighted by Crippen LogP contribution is -2.50. The topological polar surface area (TPSA) is 45.5 Å². The predicted octanol–water partition coefficient (Wildman–Crippen LogP) is 0.836.